The molecule has 1 aromatic heterocycles. The Morgan fingerprint density at radius 3 is 2.59 bits per heavy atom. The lowest BCUT2D eigenvalue weighted by molar-refractivity contribution is -0.418. The number of carbonyl (C=O) groups excluding carboxylic acids is 1. The Hall–Kier alpha value is -2.00. The summed E-state index contributed by atoms with van der Waals surface area (Å²) in [6.07, 6.45) is -2.77. The van der Waals surface area contributed by atoms with Crippen LogP contribution in [0, 0.1) is 5.92 Å². The monoisotopic (exact) mass is 428 g/mol. The van der Waals surface area contributed by atoms with Gasteiger partial charge in [-0.2, -0.15) is 13.2 Å². The minimum absolute atomic E-state index is 0.0644. The Balaban J connectivity index is 1.47. The van der Waals surface area contributed by atoms with E-state index in [0.29, 0.717) is 36.4 Å². The van der Waals surface area contributed by atoms with Crippen molar-refractivity contribution in [3.05, 3.63) is 40.4 Å². The SMILES string of the molecule is [NH3+][C@H](C(=O)N1CC[C@H](F)C1)C1CCc2nc(-c3ccc(C(F)(F)F)cc3)sc2C1. The number of likely N-dealkylation sites (tertiary alicyclic amines) is 1. The molecule has 1 aromatic carbocycles. The number of hydrogen-bond acceptors (Lipinski definition) is 3. The smallest absolute Gasteiger partial charge is 0.347 e. The summed E-state index contributed by atoms with van der Waals surface area (Å²) in [4.78, 5) is 19.9. The summed E-state index contributed by atoms with van der Waals surface area (Å²) in [6, 6.07) is 4.59. The van der Waals surface area contributed by atoms with Crippen molar-refractivity contribution in [1.82, 2.24) is 9.88 Å². The first-order valence-electron chi connectivity index (χ1n) is 9.64. The number of aromatic nitrogens is 1. The van der Waals surface area contributed by atoms with E-state index in [1.165, 1.54) is 23.5 Å². The van der Waals surface area contributed by atoms with Gasteiger partial charge in [0, 0.05) is 22.9 Å². The third-order valence-corrected chi connectivity index (χ3v) is 6.93. The summed E-state index contributed by atoms with van der Waals surface area (Å²) in [7, 11) is 0. The van der Waals surface area contributed by atoms with Crippen LogP contribution in [0.5, 0.6) is 0 Å². The molecule has 0 radical (unpaired) electrons. The number of quaternary nitrogens is 1. The van der Waals surface area contributed by atoms with Gasteiger partial charge in [0.05, 0.1) is 17.8 Å². The van der Waals surface area contributed by atoms with E-state index in [2.05, 4.69) is 10.7 Å². The molecule has 2 aliphatic rings. The van der Waals surface area contributed by atoms with Crippen molar-refractivity contribution in [2.45, 2.75) is 44.1 Å². The Bertz CT molecular complexity index is 896. The first-order valence-corrected chi connectivity index (χ1v) is 10.5. The topological polar surface area (TPSA) is 60.8 Å². The Morgan fingerprint density at radius 2 is 1.97 bits per heavy atom. The van der Waals surface area contributed by atoms with Crippen molar-refractivity contribution < 1.29 is 28.1 Å². The summed E-state index contributed by atoms with van der Waals surface area (Å²) in [5.74, 6) is -0.0272. The molecule has 156 valence electrons. The van der Waals surface area contributed by atoms with Gasteiger partial charge in [-0.3, -0.25) is 4.79 Å². The first-order chi connectivity index (χ1) is 13.7. The second-order valence-corrected chi connectivity index (χ2v) is 8.83. The molecule has 4 nitrogen and oxygen atoms in total. The van der Waals surface area contributed by atoms with E-state index in [-0.39, 0.29) is 18.4 Å². The fourth-order valence-corrected chi connectivity index (χ4v) is 5.23. The Labute approximate surface area is 169 Å². The summed E-state index contributed by atoms with van der Waals surface area (Å²) >= 11 is 1.46. The summed E-state index contributed by atoms with van der Waals surface area (Å²) < 4.78 is 51.7. The predicted molar refractivity (Wildman–Crippen MR) is 101 cm³/mol. The van der Waals surface area contributed by atoms with E-state index >= 15 is 0 Å². The number of thiazole rings is 1. The summed E-state index contributed by atoms with van der Waals surface area (Å²) in [5.41, 5.74) is 4.99. The van der Waals surface area contributed by atoms with Gasteiger partial charge < -0.3 is 10.6 Å². The van der Waals surface area contributed by atoms with Crippen LogP contribution in [0.3, 0.4) is 0 Å². The average Bonchev–Trinajstić information content (AvgIpc) is 3.31. The van der Waals surface area contributed by atoms with Crippen LogP contribution in [0.25, 0.3) is 10.6 Å². The van der Waals surface area contributed by atoms with Gasteiger partial charge in [-0.25, -0.2) is 9.37 Å². The second-order valence-electron chi connectivity index (χ2n) is 7.74. The highest BCUT2D eigenvalue weighted by Gasteiger charge is 2.38. The second kappa shape index (κ2) is 7.68. The van der Waals surface area contributed by atoms with Crippen LogP contribution in [0.2, 0.25) is 0 Å². The third kappa shape index (κ3) is 4.16. The fraction of sp³-hybridized carbons (Fsp3) is 0.500. The van der Waals surface area contributed by atoms with Gasteiger partial charge in [-0.1, -0.05) is 12.1 Å². The summed E-state index contributed by atoms with van der Waals surface area (Å²) in [6.45, 7) is 0.601. The Morgan fingerprint density at radius 1 is 1.24 bits per heavy atom. The molecule has 1 unspecified atom stereocenters. The minimum Gasteiger partial charge on any atom is -0.347 e. The van der Waals surface area contributed by atoms with Crippen LogP contribution in [-0.2, 0) is 23.8 Å². The Kier molecular flexibility index (Phi) is 5.37. The third-order valence-electron chi connectivity index (χ3n) is 5.77. The van der Waals surface area contributed by atoms with Crippen molar-refractivity contribution >= 4 is 17.2 Å². The molecule has 0 saturated carbocycles. The van der Waals surface area contributed by atoms with Gasteiger partial charge in [0.2, 0.25) is 0 Å². The lowest BCUT2D eigenvalue weighted by Crippen LogP contribution is -2.71. The van der Waals surface area contributed by atoms with E-state index in [9.17, 15) is 22.4 Å². The zero-order valence-electron chi connectivity index (χ0n) is 15.7. The molecule has 1 aliphatic heterocycles. The molecule has 29 heavy (non-hydrogen) atoms. The number of amides is 1. The van der Waals surface area contributed by atoms with Crippen LogP contribution in [0.15, 0.2) is 24.3 Å². The van der Waals surface area contributed by atoms with Gasteiger partial charge in [0.15, 0.2) is 6.04 Å². The standard InChI is InChI=1S/C20H21F4N3OS/c21-14-7-8-27(10-14)19(28)17(25)12-3-6-15-16(9-12)29-18(26-15)11-1-4-13(5-2-11)20(22,23)24/h1-2,4-5,12,14,17H,3,6-10,25H2/p+1/t12?,14-,17-/m0/s1. The number of aryl methyl sites for hydroxylation is 1. The van der Waals surface area contributed by atoms with E-state index in [0.717, 1.165) is 29.1 Å². The van der Waals surface area contributed by atoms with Crippen molar-refractivity contribution in [3.63, 3.8) is 0 Å². The fourth-order valence-electron chi connectivity index (χ4n) is 4.02. The number of hydrogen-bond donors (Lipinski definition) is 1. The molecular weight excluding hydrogens is 406 g/mol. The summed E-state index contributed by atoms with van der Waals surface area (Å²) in [5, 5.41) is 0.691. The number of carbonyl (C=O) groups is 1. The zero-order chi connectivity index (χ0) is 20.8. The van der Waals surface area contributed by atoms with E-state index in [4.69, 9.17) is 0 Å². The average molecular weight is 428 g/mol. The van der Waals surface area contributed by atoms with Gasteiger partial charge in [0.1, 0.15) is 11.2 Å². The maximum absolute atomic E-state index is 13.4. The molecule has 2 heterocycles. The van der Waals surface area contributed by atoms with Crippen LogP contribution in [0.1, 0.15) is 29.0 Å². The van der Waals surface area contributed by atoms with Crippen LogP contribution < -0.4 is 5.73 Å². The quantitative estimate of drug-likeness (QED) is 0.764. The van der Waals surface area contributed by atoms with Crippen molar-refractivity contribution in [1.29, 1.82) is 0 Å². The molecule has 9 heteroatoms. The number of rotatable bonds is 3. The van der Waals surface area contributed by atoms with E-state index in [1.54, 1.807) is 4.90 Å². The van der Waals surface area contributed by atoms with Crippen LogP contribution >= 0.6 is 11.3 Å². The largest absolute Gasteiger partial charge is 0.416 e. The predicted octanol–water partition coefficient (Wildman–Crippen LogP) is 3.11. The van der Waals surface area contributed by atoms with E-state index < -0.39 is 24.0 Å². The number of alkyl halides is 4. The lowest BCUT2D eigenvalue weighted by atomic mass is 9.85. The van der Waals surface area contributed by atoms with Crippen molar-refractivity contribution in [3.8, 4) is 10.6 Å². The number of benzene rings is 1. The highest BCUT2D eigenvalue weighted by molar-refractivity contribution is 7.15. The molecule has 3 atom stereocenters. The highest BCUT2D eigenvalue weighted by atomic mass is 32.1. The lowest BCUT2D eigenvalue weighted by Gasteiger charge is -2.26. The highest BCUT2D eigenvalue weighted by Crippen LogP contribution is 2.37. The van der Waals surface area contributed by atoms with Gasteiger partial charge in [-0.05, 0) is 37.8 Å². The first kappa shape index (κ1) is 20.3. The molecule has 0 bridgehead atoms. The van der Waals surface area contributed by atoms with Crippen LogP contribution in [0.4, 0.5) is 17.6 Å². The zero-order valence-corrected chi connectivity index (χ0v) is 16.5. The molecule has 1 saturated heterocycles. The minimum atomic E-state index is -4.36. The molecule has 2 aromatic rings. The van der Waals surface area contributed by atoms with Crippen molar-refractivity contribution in [2.24, 2.45) is 5.92 Å². The van der Waals surface area contributed by atoms with Gasteiger partial charge in [-0.15, -0.1) is 11.3 Å². The number of halogens is 4. The van der Waals surface area contributed by atoms with Crippen molar-refractivity contribution in [2.75, 3.05) is 13.1 Å². The van der Waals surface area contributed by atoms with Crippen LogP contribution in [-0.4, -0.2) is 41.1 Å². The molecule has 0 spiro atoms. The number of fused-ring (bicyclic) bond motifs is 1. The molecule has 1 amide bonds. The molecule has 1 aliphatic carbocycles. The number of nitrogens with zero attached hydrogens (tertiary/aromatic N) is 2. The van der Waals surface area contributed by atoms with E-state index in [1.807, 2.05) is 0 Å². The maximum Gasteiger partial charge on any atom is 0.416 e. The van der Waals surface area contributed by atoms with Gasteiger partial charge in [0.25, 0.3) is 5.91 Å². The molecule has 1 fully saturated rings. The molecule has 3 N–H and O–H groups in total. The normalized spacial score (nSPS) is 23.1. The molecular formula is C20H22F4N3OS+. The maximum atomic E-state index is 13.4. The molecule has 4 rings (SSSR count). The van der Waals surface area contributed by atoms with Gasteiger partial charge >= 0.3 is 6.18 Å².